The molecule has 0 radical (unpaired) electrons. The molecule has 1 aliphatic heterocycles. The largest absolute Gasteiger partial charge is 0.382 e. The molecule has 0 spiro atoms. The third-order valence-electron chi connectivity index (χ3n) is 2.86. The normalized spacial score (nSPS) is 20.6. The van der Waals surface area contributed by atoms with Crippen molar-refractivity contribution in [1.29, 1.82) is 0 Å². The van der Waals surface area contributed by atoms with Crippen LogP contribution in [0.4, 0.5) is 5.69 Å². The number of anilines is 1. The van der Waals surface area contributed by atoms with Crippen LogP contribution in [0.1, 0.15) is 31.4 Å². The maximum Gasteiger partial charge on any atom is 0.0407 e. The lowest BCUT2D eigenvalue weighted by atomic mass is 9.95. The van der Waals surface area contributed by atoms with Crippen LogP contribution in [-0.4, -0.2) is 6.04 Å². The highest BCUT2D eigenvalue weighted by atomic mass is 14.9. The van der Waals surface area contributed by atoms with Crippen LogP contribution in [0, 0.1) is 0 Å². The Morgan fingerprint density at radius 1 is 1.46 bits per heavy atom. The molecule has 0 aromatic heterocycles. The van der Waals surface area contributed by atoms with E-state index in [2.05, 4.69) is 37.4 Å². The van der Waals surface area contributed by atoms with Gasteiger partial charge < -0.3 is 5.32 Å². The highest BCUT2D eigenvalue weighted by molar-refractivity contribution is 5.59. The first kappa shape index (κ1) is 8.61. The van der Waals surface area contributed by atoms with Gasteiger partial charge in [0.25, 0.3) is 0 Å². The Labute approximate surface area is 80.2 Å². The Kier molecular flexibility index (Phi) is 2.26. The number of fused-ring (bicyclic) bond motifs is 1. The van der Waals surface area contributed by atoms with E-state index in [0.29, 0.717) is 6.04 Å². The zero-order chi connectivity index (χ0) is 9.26. The van der Waals surface area contributed by atoms with Crippen LogP contribution in [-0.2, 0) is 12.8 Å². The van der Waals surface area contributed by atoms with E-state index in [1.54, 1.807) is 0 Å². The minimum atomic E-state index is 0.639. The molecule has 0 bridgehead atoms. The Bertz CT molecular complexity index is 290. The highest BCUT2D eigenvalue weighted by Gasteiger charge is 2.15. The van der Waals surface area contributed by atoms with E-state index < -0.39 is 0 Å². The molecule has 0 amide bonds. The van der Waals surface area contributed by atoms with Crippen LogP contribution in [0.3, 0.4) is 0 Å². The van der Waals surface area contributed by atoms with Gasteiger partial charge in [0.15, 0.2) is 0 Å². The van der Waals surface area contributed by atoms with Gasteiger partial charge in [0.05, 0.1) is 0 Å². The number of hydrogen-bond donors (Lipinski definition) is 1. The fraction of sp³-hybridized carbons (Fsp3) is 0.500. The van der Waals surface area contributed by atoms with Gasteiger partial charge in [-0.05, 0) is 37.3 Å². The third-order valence-corrected chi connectivity index (χ3v) is 2.86. The summed E-state index contributed by atoms with van der Waals surface area (Å²) in [5.41, 5.74) is 4.37. The molecule has 1 atom stereocenters. The zero-order valence-corrected chi connectivity index (χ0v) is 8.43. The molecule has 1 unspecified atom stereocenters. The molecular weight excluding hydrogens is 158 g/mol. The van der Waals surface area contributed by atoms with Gasteiger partial charge in [-0.15, -0.1) is 0 Å². The number of hydrogen-bond acceptors (Lipinski definition) is 1. The molecule has 1 aliphatic rings. The average Bonchev–Trinajstić information content (AvgIpc) is 2.17. The van der Waals surface area contributed by atoms with Crippen LogP contribution >= 0.6 is 0 Å². The molecule has 1 heterocycles. The van der Waals surface area contributed by atoms with Gasteiger partial charge in [-0.3, -0.25) is 0 Å². The molecule has 2 rings (SSSR count). The average molecular weight is 175 g/mol. The van der Waals surface area contributed by atoms with E-state index in [4.69, 9.17) is 0 Å². The van der Waals surface area contributed by atoms with Crippen LogP contribution in [0.2, 0.25) is 0 Å². The van der Waals surface area contributed by atoms with Crippen LogP contribution in [0.25, 0.3) is 0 Å². The van der Waals surface area contributed by atoms with Gasteiger partial charge in [0.1, 0.15) is 0 Å². The predicted molar refractivity (Wildman–Crippen MR) is 57.2 cm³/mol. The predicted octanol–water partition coefficient (Wildman–Crippen LogP) is 3.00. The summed E-state index contributed by atoms with van der Waals surface area (Å²) < 4.78 is 0. The number of benzene rings is 1. The minimum absolute atomic E-state index is 0.639. The van der Waals surface area contributed by atoms with Crippen molar-refractivity contribution >= 4 is 5.69 Å². The molecule has 13 heavy (non-hydrogen) atoms. The first-order valence-corrected chi connectivity index (χ1v) is 5.18. The molecule has 0 saturated carbocycles. The van der Waals surface area contributed by atoms with Gasteiger partial charge >= 0.3 is 0 Å². The van der Waals surface area contributed by atoms with Crippen LogP contribution in [0.15, 0.2) is 18.2 Å². The van der Waals surface area contributed by atoms with E-state index in [0.717, 1.165) is 6.42 Å². The van der Waals surface area contributed by atoms with Gasteiger partial charge in [-0.25, -0.2) is 0 Å². The van der Waals surface area contributed by atoms with Crippen molar-refractivity contribution in [2.45, 2.75) is 39.2 Å². The lowest BCUT2D eigenvalue weighted by Crippen LogP contribution is -2.22. The molecule has 1 N–H and O–H groups in total. The summed E-state index contributed by atoms with van der Waals surface area (Å²) in [4.78, 5) is 0. The van der Waals surface area contributed by atoms with E-state index >= 15 is 0 Å². The number of aryl methyl sites for hydroxylation is 2. The maximum absolute atomic E-state index is 3.58. The second kappa shape index (κ2) is 3.41. The van der Waals surface area contributed by atoms with Crippen molar-refractivity contribution in [2.24, 2.45) is 0 Å². The lowest BCUT2D eigenvalue weighted by Gasteiger charge is -2.26. The van der Waals surface area contributed by atoms with Crippen molar-refractivity contribution in [2.75, 3.05) is 5.32 Å². The first-order valence-electron chi connectivity index (χ1n) is 5.18. The Morgan fingerprint density at radius 2 is 2.31 bits per heavy atom. The molecule has 0 aliphatic carbocycles. The zero-order valence-electron chi connectivity index (χ0n) is 8.43. The van der Waals surface area contributed by atoms with Gasteiger partial charge in [-0.1, -0.05) is 25.1 Å². The molecule has 0 saturated heterocycles. The summed E-state index contributed by atoms with van der Waals surface area (Å²) in [6.45, 7) is 4.48. The number of para-hydroxylation sites is 1. The topological polar surface area (TPSA) is 12.0 Å². The van der Waals surface area contributed by atoms with Crippen molar-refractivity contribution in [3.63, 3.8) is 0 Å². The smallest absolute Gasteiger partial charge is 0.0407 e. The van der Waals surface area contributed by atoms with E-state index in [1.165, 1.54) is 29.7 Å². The highest BCUT2D eigenvalue weighted by Crippen LogP contribution is 2.28. The quantitative estimate of drug-likeness (QED) is 0.692. The summed E-state index contributed by atoms with van der Waals surface area (Å²) in [6.07, 6.45) is 3.63. The van der Waals surface area contributed by atoms with Crippen molar-refractivity contribution in [1.82, 2.24) is 0 Å². The summed E-state index contributed by atoms with van der Waals surface area (Å²) in [5, 5.41) is 3.58. The standard InChI is InChI=1S/C12H17N/c1-3-10-5-4-6-11-8-7-9(2)13-12(10)11/h4-6,9,13H,3,7-8H2,1-2H3. The Morgan fingerprint density at radius 3 is 3.08 bits per heavy atom. The second-order valence-electron chi connectivity index (χ2n) is 3.89. The van der Waals surface area contributed by atoms with E-state index in [-0.39, 0.29) is 0 Å². The van der Waals surface area contributed by atoms with Crippen molar-refractivity contribution in [3.05, 3.63) is 29.3 Å². The van der Waals surface area contributed by atoms with Gasteiger partial charge in [0, 0.05) is 11.7 Å². The molecule has 0 fully saturated rings. The van der Waals surface area contributed by atoms with Crippen molar-refractivity contribution in [3.8, 4) is 0 Å². The van der Waals surface area contributed by atoms with Crippen molar-refractivity contribution < 1.29 is 0 Å². The summed E-state index contributed by atoms with van der Waals surface area (Å²) >= 11 is 0. The monoisotopic (exact) mass is 175 g/mol. The van der Waals surface area contributed by atoms with Crippen LogP contribution < -0.4 is 5.32 Å². The maximum atomic E-state index is 3.58. The number of rotatable bonds is 1. The first-order chi connectivity index (χ1) is 6.31. The van der Waals surface area contributed by atoms with Gasteiger partial charge in [-0.2, -0.15) is 0 Å². The molecular formula is C12H17N. The molecule has 1 nitrogen and oxygen atoms in total. The SMILES string of the molecule is CCc1cccc2c1NC(C)CC2. The molecule has 1 aromatic carbocycles. The second-order valence-corrected chi connectivity index (χ2v) is 3.89. The fourth-order valence-electron chi connectivity index (χ4n) is 2.03. The number of nitrogens with one attached hydrogen (secondary N) is 1. The lowest BCUT2D eigenvalue weighted by molar-refractivity contribution is 0.678. The molecule has 1 aromatic rings. The summed E-state index contributed by atoms with van der Waals surface area (Å²) in [5.74, 6) is 0. The minimum Gasteiger partial charge on any atom is -0.382 e. The Balaban J connectivity index is 2.41. The molecule has 70 valence electrons. The summed E-state index contributed by atoms with van der Waals surface area (Å²) in [6, 6.07) is 7.28. The summed E-state index contributed by atoms with van der Waals surface area (Å²) in [7, 11) is 0. The fourth-order valence-corrected chi connectivity index (χ4v) is 2.03. The van der Waals surface area contributed by atoms with E-state index in [1.807, 2.05) is 0 Å². The molecule has 1 heteroatoms. The van der Waals surface area contributed by atoms with Crippen LogP contribution in [0.5, 0.6) is 0 Å². The Hall–Kier alpha value is -0.980. The van der Waals surface area contributed by atoms with E-state index in [9.17, 15) is 0 Å². The third kappa shape index (κ3) is 1.55. The van der Waals surface area contributed by atoms with Gasteiger partial charge in [0.2, 0.25) is 0 Å².